The minimum atomic E-state index is -4.29. The third-order valence-corrected chi connectivity index (χ3v) is 10.6. The van der Waals surface area contributed by atoms with Gasteiger partial charge in [-0.15, -0.1) is 12.3 Å². The summed E-state index contributed by atoms with van der Waals surface area (Å²) >= 11 is 0. The highest BCUT2D eigenvalue weighted by molar-refractivity contribution is 8.10. The van der Waals surface area contributed by atoms with Crippen LogP contribution in [0.25, 0.3) is 0 Å². The van der Waals surface area contributed by atoms with Crippen molar-refractivity contribution in [3.8, 4) is 12.3 Å². The van der Waals surface area contributed by atoms with Gasteiger partial charge in [-0.1, -0.05) is 48.6 Å². The molecule has 146 valence electrons. The van der Waals surface area contributed by atoms with Crippen LogP contribution in [0.5, 0.6) is 0 Å². The zero-order valence-electron chi connectivity index (χ0n) is 15.4. The van der Waals surface area contributed by atoms with Crippen LogP contribution in [0.2, 0.25) is 0 Å². The number of benzene rings is 2. The fourth-order valence-corrected chi connectivity index (χ4v) is 7.94. The smallest absolute Gasteiger partial charge is 0.200 e. The van der Waals surface area contributed by atoms with E-state index in [1.165, 1.54) is 24.3 Å². The summed E-state index contributed by atoms with van der Waals surface area (Å²) in [6, 6.07) is 15.3. The minimum Gasteiger partial charge on any atom is -0.222 e. The number of rotatable bonds is 8. The number of allylic oxidation sites excluding steroid dienone is 2. The van der Waals surface area contributed by atoms with Gasteiger partial charge >= 0.3 is 0 Å². The van der Waals surface area contributed by atoms with Gasteiger partial charge in [0.05, 0.1) is 9.79 Å². The van der Waals surface area contributed by atoms with Crippen LogP contribution in [0.4, 0.5) is 0 Å². The van der Waals surface area contributed by atoms with E-state index in [1.807, 2.05) is 6.08 Å². The average molecular weight is 415 g/mol. The van der Waals surface area contributed by atoms with Crippen LogP contribution in [0, 0.1) is 18.3 Å². The maximum atomic E-state index is 13.6. The lowest BCUT2D eigenvalue weighted by atomic mass is 10.2. The van der Waals surface area contributed by atoms with Gasteiger partial charge in [-0.2, -0.15) is 0 Å². The highest BCUT2D eigenvalue weighted by atomic mass is 32.3. The molecule has 1 aliphatic carbocycles. The zero-order valence-corrected chi connectivity index (χ0v) is 17.0. The van der Waals surface area contributed by atoms with Gasteiger partial charge in [0.1, 0.15) is 0 Å². The molecule has 0 spiro atoms. The quantitative estimate of drug-likeness (QED) is 0.483. The molecular formula is C22H22O4S2. The molecule has 0 bridgehead atoms. The highest BCUT2D eigenvalue weighted by Crippen LogP contribution is 2.42. The number of hydrogen-bond donors (Lipinski definition) is 0. The van der Waals surface area contributed by atoms with E-state index in [-0.39, 0.29) is 16.2 Å². The van der Waals surface area contributed by atoms with Crippen molar-refractivity contribution in [2.24, 2.45) is 5.92 Å². The van der Waals surface area contributed by atoms with Gasteiger partial charge in [0.25, 0.3) is 0 Å². The molecule has 0 saturated heterocycles. The lowest BCUT2D eigenvalue weighted by Crippen LogP contribution is -2.46. The molecule has 1 fully saturated rings. The first-order valence-electron chi connectivity index (χ1n) is 9.05. The van der Waals surface area contributed by atoms with Crippen molar-refractivity contribution >= 4 is 19.7 Å². The standard InChI is InChI=1S/C22H22O4S2/c1-2-17-22(18-9-10-19-15-16-19,27(23,24)20-11-5-3-6-12-20)28(25,26)21-13-7-4-8-14-21/h1,3-14,19H,15-18H2/b10-9+. The molecule has 0 unspecified atom stereocenters. The van der Waals surface area contributed by atoms with Crippen LogP contribution in [-0.2, 0) is 19.7 Å². The van der Waals surface area contributed by atoms with E-state index in [0.717, 1.165) is 12.8 Å². The largest absolute Gasteiger partial charge is 0.222 e. The van der Waals surface area contributed by atoms with Gasteiger partial charge in [0.2, 0.25) is 0 Å². The van der Waals surface area contributed by atoms with Crippen LogP contribution in [0.15, 0.2) is 82.6 Å². The Balaban J connectivity index is 2.23. The third-order valence-electron chi connectivity index (χ3n) is 4.92. The zero-order chi connectivity index (χ0) is 20.3. The Labute approximate surface area is 167 Å². The molecule has 0 atom stereocenters. The first kappa shape index (κ1) is 20.4. The second-order valence-electron chi connectivity index (χ2n) is 6.89. The maximum Gasteiger partial charge on any atom is 0.200 e. The molecular weight excluding hydrogens is 392 g/mol. The molecule has 2 aromatic carbocycles. The molecule has 1 aliphatic rings. The molecule has 28 heavy (non-hydrogen) atoms. The Kier molecular flexibility index (Phi) is 5.78. The topological polar surface area (TPSA) is 68.3 Å². The molecule has 3 rings (SSSR count). The summed E-state index contributed by atoms with van der Waals surface area (Å²) < 4.78 is 52.4. The van der Waals surface area contributed by atoms with E-state index in [9.17, 15) is 16.8 Å². The summed E-state index contributed by atoms with van der Waals surface area (Å²) in [5, 5.41) is 0. The number of sulfone groups is 2. The Hall–Kier alpha value is -2.36. The van der Waals surface area contributed by atoms with Crippen molar-refractivity contribution in [2.45, 2.75) is 39.6 Å². The summed E-state index contributed by atoms with van der Waals surface area (Å²) in [4.78, 5) is -0.103. The molecule has 0 aromatic heterocycles. The molecule has 0 amide bonds. The van der Waals surface area contributed by atoms with Crippen LogP contribution < -0.4 is 0 Å². The first-order chi connectivity index (χ1) is 13.3. The van der Waals surface area contributed by atoms with Crippen LogP contribution in [0.1, 0.15) is 25.7 Å². The Morgan fingerprint density at radius 3 is 1.75 bits per heavy atom. The predicted molar refractivity (Wildman–Crippen MR) is 110 cm³/mol. The second-order valence-corrected chi connectivity index (χ2v) is 11.7. The van der Waals surface area contributed by atoms with E-state index >= 15 is 0 Å². The van der Waals surface area contributed by atoms with E-state index in [0.29, 0.717) is 5.92 Å². The van der Waals surface area contributed by atoms with E-state index in [4.69, 9.17) is 6.42 Å². The minimum absolute atomic E-state index is 0.0513. The molecule has 4 nitrogen and oxygen atoms in total. The molecule has 0 radical (unpaired) electrons. The Bertz CT molecular complexity index is 1020. The Morgan fingerprint density at radius 1 is 0.893 bits per heavy atom. The van der Waals surface area contributed by atoms with E-state index in [2.05, 4.69) is 5.92 Å². The maximum absolute atomic E-state index is 13.6. The molecule has 0 aliphatic heterocycles. The summed E-state index contributed by atoms with van der Waals surface area (Å²) in [7, 11) is -8.58. The summed E-state index contributed by atoms with van der Waals surface area (Å²) in [6.07, 6.45) is 10.5. The summed E-state index contributed by atoms with van der Waals surface area (Å²) in [6.45, 7) is 0. The van der Waals surface area contributed by atoms with Crippen molar-refractivity contribution in [3.63, 3.8) is 0 Å². The van der Waals surface area contributed by atoms with Crippen molar-refractivity contribution in [2.75, 3.05) is 0 Å². The van der Waals surface area contributed by atoms with Crippen LogP contribution in [0.3, 0.4) is 0 Å². The van der Waals surface area contributed by atoms with Crippen molar-refractivity contribution < 1.29 is 16.8 Å². The third kappa shape index (κ3) is 3.65. The lowest BCUT2D eigenvalue weighted by molar-refractivity contribution is 0.539. The van der Waals surface area contributed by atoms with Crippen molar-refractivity contribution in [1.82, 2.24) is 0 Å². The first-order valence-corrected chi connectivity index (χ1v) is 12.0. The molecule has 2 aromatic rings. The summed E-state index contributed by atoms with van der Waals surface area (Å²) in [5.41, 5.74) is 0. The monoisotopic (exact) mass is 414 g/mol. The molecule has 6 heteroatoms. The fraction of sp³-hybridized carbons (Fsp3) is 0.273. The van der Waals surface area contributed by atoms with Gasteiger partial charge in [-0.25, -0.2) is 16.8 Å². The van der Waals surface area contributed by atoms with Gasteiger partial charge < -0.3 is 0 Å². The van der Waals surface area contributed by atoms with Gasteiger partial charge in [0, 0.05) is 12.8 Å². The van der Waals surface area contributed by atoms with Gasteiger partial charge in [-0.3, -0.25) is 0 Å². The predicted octanol–water partition coefficient (Wildman–Crippen LogP) is 4.01. The molecule has 1 saturated carbocycles. The lowest BCUT2D eigenvalue weighted by Gasteiger charge is -2.30. The van der Waals surface area contributed by atoms with Crippen LogP contribution >= 0.6 is 0 Å². The van der Waals surface area contributed by atoms with Gasteiger partial charge in [-0.05, 0) is 43.0 Å². The van der Waals surface area contributed by atoms with E-state index in [1.54, 1.807) is 42.5 Å². The van der Waals surface area contributed by atoms with Crippen molar-refractivity contribution in [3.05, 3.63) is 72.8 Å². The highest BCUT2D eigenvalue weighted by Gasteiger charge is 2.55. The van der Waals surface area contributed by atoms with Crippen LogP contribution in [-0.4, -0.2) is 20.9 Å². The average Bonchev–Trinajstić information content (AvgIpc) is 3.52. The van der Waals surface area contributed by atoms with Gasteiger partial charge in [0.15, 0.2) is 23.8 Å². The van der Waals surface area contributed by atoms with E-state index < -0.39 is 30.2 Å². The normalized spacial score (nSPS) is 15.4. The molecule has 0 heterocycles. The number of hydrogen-bond acceptors (Lipinski definition) is 4. The SMILES string of the molecule is C#CCC(C/C=C/C1CC1)(S(=O)(=O)c1ccccc1)S(=O)(=O)c1ccccc1. The molecule has 0 N–H and O–H groups in total. The second kappa shape index (κ2) is 7.94. The van der Waals surface area contributed by atoms with Crippen molar-refractivity contribution in [1.29, 1.82) is 0 Å². The number of terminal acetylenes is 1. The fourth-order valence-electron chi connectivity index (χ4n) is 3.14. The summed E-state index contributed by atoms with van der Waals surface area (Å²) in [5.74, 6) is 2.71. The Morgan fingerprint density at radius 2 is 1.36 bits per heavy atom.